The van der Waals surface area contributed by atoms with Crippen LogP contribution in [0.1, 0.15) is 63.3 Å². The molecule has 0 bridgehead atoms. The lowest BCUT2D eigenvalue weighted by molar-refractivity contribution is -0.114. The van der Waals surface area contributed by atoms with Gasteiger partial charge in [-0.15, -0.1) is 5.53 Å². The zero-order valence-electron chi connectivity index (χ0n) is 28.4. The number of carbonyl (C=O) groups is 1. The average molecular weight is 717 g/mol. The van der Waals surface area contributed by atoms with E-state index >= 15 is 0 Å². The molecule has 260 valence electrons. The Morgan fingerprint density at radius 3 is 2.58 bits per heavy atom. The molecule has 3 aromatic carbocycles. The Kier molecular flexibility index (Phi) is 10.4. The molecular formula is C37H40Cl2FN9O. The fraction of sp³-hybridized carbons (Fsp3) is 0.324. The van der Waals surface area contributed by atoms with Crippen molar-refractivity contribution in [2.24, 2.45) is 0 Å². The third kappa shape index (κ3) is 7.90. The van der Waals surface area contributed by atoms with Crippen molar-refractivity contribution in [2.75, 3.05) is 29.0 Å². The zero-order valence-corrected chi connectivity index (χ0v) is 29.9. The van der Waals surface area contributed by atoms with Crippen LogP contribution in [0.2, 0.25) is 10.0 Å². The van der Waals surface area contributed by atoms with Gasteiger partial charge in [0.2, 0.25) is 5.91 Å². The van der Waals surface area contributed by atoms with Gasteiger partial charge in [0.1, 0.15) is 11.9 Å². The number of likely N-dealkylation sites (tertiary alicyclic amines) is 1. The molecule has 1 atom stereocenters. The molecule has 0 spiro atoms. The number of hydrogen-bond acceptors (Lipinski definition) is 9. The van der Waals surface area contributed by atoms with E-state index in [9.17, 15) is 14.4 Å². The summed E-state index contributed by atoms with van der Waals surface area (Å²) in [6.07, 6.45) is 5.59. The third-order valence-electron chi connectivity index (χ3n) is 9.07. The average Bonchev–Trinajstić information content (AvgIpc) is 3.57. The van der Waals surface area contributed by atoms with Gasteiger partial charge in [-0.25, -0.2) is 4.39 Å². The number of nitrogens with one attached hydrogen (secondary N) is 5. The fourth-order valence-corrected chi connectivity index (χ4v) is 6.85. The Balaban J connectivity index is 1.34. The highest BCUT2D eigenvalue weighted by atomic mass is 35.5. The SMILES string of the molecule is CC(=O)Nc1cccc([C@H](Nc2cc(Cl)c3ncc(C#N)c(NCc4ccc(Cl)c(F)c4)c3c2)C2=CN(C3CCN(C(C)(C)C)CC3)NN2)c1. The van der Waals surface area contributed by atoms with Crippen LogP contribution in [-0.2, 0) is 11.3 Å². The number of halogens is 3. The summed E-state index contributed by atoms with van der Waals surface area (Å²) < 4.78 is 14.2. The predicted octanol–water partition coefficient (Wildman–Crippen LogP) is 7.71. The van der Waals surface area contributed by atoms with Crippen molar-refractivity contribution < 1.29 is 9.18 Å². The van der Waals surface area contributed by atoms with Gasteiger partial charge in [-0.05, 0) is 81.1 Å². The van der Waals surface area contributed by atoms with Crippen molar-refractivity contribution in [1.29, 1.82) is 5.26 Å². The van der Waals surface area contributed by atoms with Crippen LogP contribution >= 0.6 is 23.2 Å². The number of pyridine rings is 1. The largest absolute Gasteiger partial charge is 0.379 e. The molecule has 50 heavy (non-hydrogen) atoms. The number of hydrogen-bond donors (Lipinski definition) is 5. The van der Waals surface area contributed by atoms with E-state index in [1.807, 2.05) is 30.3 Å². The lowest BCUT2D eigenvalue weighted by Crippen LogP contribution is -2.52. The van der Waals surface area contributed by atoms with Gasteiger partial charge in [-0.1, -0.05) is 41.4 Å². The molecule has 0 aliphatic carbocycles. The van der Waals surface area contributed by atoms with E-state index in [4.69, 9.17) is 23.2 Å². The molecule has 1 amide bonds. The molecule has 10 nitrogen and oxygen atoms in total. The van der Waals surface area contributed by atoms with Gasteiger partial charge in [0.15, 0.2) is 0 Å². The van der Waals surface area contributed by atoms with Crippen LogP contribution in [0.5, 0.6) is 0 Å². The second-order valence-corrected chi connectivity index (χ2v) is 14.4. The summed E-state index contributed by atoms with van der Waals surface area (Å²) in [7, 11) is 0. The maximum absolute atomic E-state index is 14.2. The molecule has 3 heterocycles. The van der Waals surface area contributed by atoms with Crippen molar-refractivity contribution in [3.05, 3.63) is 105 Å². The smallest absolute Gasteiger partial charge is 0.221 e. The number of rotatable bonds is 9. The van der Waals surface area contributed by atoms with E-state index in [0.29, 0.717) is 50.2 Å². The maximum atomic E-state index is 14.2. The number of amides is 1. The van der Waals surface area contributed by atoms with E-state index in [1.54, 1.807) is 12.1 Å². The molecule has 13 heteroatoms. The summed E-state index contributed by atoms with van der Waals surface area (Å²) in [6.45, 7) is 10.5. The molecule has 1 saturated heterocycles. The van der Waals surface area contributed by atoms with Crippen LogP contribution in [-0.4, -0.2) is 45.5 Å². The third-order valence-corrected chi connectivity index (χ3v) is 9.67. The van der Waals surface area contributed by atoms with Gasteiger partial charge in [0.05, 0.1) is 38.6 Å². The Morgan fingerprint density at radius 1 is 1.10 bits per heavy atom. The quantitative estimate of drug-likeness (QED) is 0.119. The maximum Gasteiger partial charge on any atom is 0.221 e. The molecule has 0 unspecified atom stereocenters. The second-order valence-electron chi connectivity index (χ2n) is 13.6. The fourth-order valence-electron chi connectivity index (χ4n) is 6.47. The molecule has 4 aromatic rings. The summed E-state index contributed by atoms with van der Waals surface area (Å²) in [5, 5.41) is 23.0. The van der Waals surface area contributed by atoms with Crippen LogP contribution in [0.4, 0.5) is 21.5 Å². The predicted molar refractivity (Wildman–Crippen MR) is 198 cm³/mol. The van der Waals surface area contributed by atoms with Crippen molar-refractivity contribution in [3.8, 4) is 6.07 Å². The molecule has 1 aromatic heterocycles. The van der Waals surface area contributed by atoms with Gasteiger partial charge in [0, 0.05) is 67.3 Å². The van der Waals surface area contributed by atoms with Crippen LogP contribution in [0.15, 0.2) is 72.7 Å². The standard InChI is InChI=1S/C37H40Cl2FN9O/c1-22(50)44-26-7-5-6-24(15-26)35(33-21-49(47-46-33)28-10-12-48(13-11-28)37(2,3)4)45-27-16-29-34(25(18-41)20-43-36(29)31(39)17-27)42-19-23-8-9-30(38)32(40)14-23/h5-9,14-17,20-21,28,35,45-47H,10-13,19H2,1-4H3,(H,42,43)(H,44,50)/t35-/m0/s1. The van der Waals surface area contributed by atoms with E-state index in [2.05, 4.69) is 74.8 Å². The molecule has 1 fully saturated rings. The number of aromatic nitrogens is 1. The van der Waals surface area contributed by atoms with Crippen LogP contribution in [0, 0.1) is 17.1 Å². The first kappa shape index (κ1) is 35.2. The van der Waals surface area contributed by atoms with Crippen LogP contribution in [0.25, 0.3) is 10.9 Å². The Morgan fingerprint density at radius 2 is 1.88 bits per heavy atom. The number of nitriles is 1. The number of benzene rings is 3. The van der Waals surface area contributed by atoms with Gasteiger partial charge in [-0.3, -0.25) is 19.7 Å². The van der Waals surface area contributed by atoms with E-state index in [-0.39, 0.29) is 23.0 Å². The van der Waals surface area contributed by atoms with E-state index in [0.717, 1.165) is 37.2 Å². The topological polar surface area (TPSA) is 120 Å². The minimum absolute atomic E-state index is 0.0385. The van der Waals surface area contributed by atoms with Gasteiger partial charge >= 0.3 is 0 Å². The van der Waals surface area contributed by atoms with Gasteiger partial charge < -0.3 is 21.4 Å². The molecule has 6 rings (SSSR count). The monoisotopic (exact) mass is 715 g/mol. The lowest BCUT2D eigenvalue weighted by Gasteiger charge is -2.42. The van der Waals surface area contributed by atoms with Crippen molar-refractivity contribution in [3.63, 3.8) is 0 Å². The minimum atomic E-state index is -0.521. The van der Waals surface area contributed by atoms with Crippen molar-refractivity contribution in [1.82, 2.24) is 25.9 Å². The van der Waals surface area contributed by atoms with Gasteiger partial charge in [-0.2, -0.15) is 5.26 Å². The minimum Gasteiger partial charge on any atom is -0.379 e. The number of anilines is 3. The lowest BCUT2D eigenvalue weighted by atomic mass is 9.97. The molecule has 5 N–H and O–H groups in total. The molecule has 0 saturated carbocycles. The first-order valence-corrected chi connectivity index (χ1v) is 17.3. The number of piperidine rings is 1. The highest BCUT2D eigenvalue weighted by molar-refractivity contribution is 6.36. The molecule has 0 radical (unpaired) electrons. The summed E-state index contributed by atoms with van der Waals surface area (Å²) in [4.78, 5) is 18.9. The number of fused-ring (bicyclic) bond motifs is 1. The second kappa shape index (κ2) is 14.7. The molecular weight excluding hydrogens is 676 g/mol. The van der Waals surface area contributed by atoms with E-state index < -0.39 is 11.9 Å². The van der Waals surface area contributed by atoms with Crippen LogP contribution in [0.3, 0.4) is 0 Å². The summed E-state index contributed by atoms with van der Waals surface area (Å²) in [5.41, 5.74) is 12.0. The summed E-state index contributed by atoms with van der Waals surface area (Å²) >= 11 is 12.7. The highest BCUT2D eigenvalue weighted by Crippen LogP contribution is 2.37. The highest BCUT2D eigenvalue weighted by Gasteiger charge is 2.32. The Bertz CT molecular complexity index is 1980. The van der Waals surface area contributed by atoms with Crippen molar-refractivity contribution in [2.45, 2.75) is 64.7 Å². The normalized spacial score (nSPS) is 16.0. The van der Waals surface area contributed by atoms with Gasteiger partial charge in [0.25, 0.3) is 0 Å². The Labute approximate surface area is 301 Å². The first-order valence-electron chi connectivity index (χ1n) is 16.5. The van der Waals surface area contributed by atoms with Crippen molar-refractivity contribution >= 4 is 57.1 Å². The number of carbonyl (C=O) groups excluding carboxylic acids is 1. The molecule has 2 aliphatic heterocycles. The van der Waals surface area contributed by atoms with E-state index in [1.165, 1.54) is 25.3 Å². The molecule has 2 aliphatic rings. The summed E-state index contributed by atoms with van der Waals surface area (Å²) in [5.74, 6) is -0.685. The van der Waals surface area contributed by atoms with Crippen LogP contribution < -0.4 is 26.9 Å². The number of hydrazine groups is 2. The zero-order chi connectivity index (χ0) is 35.6. The summed E-state index contributed by atoms with van der Waals surface area (Å²) in [6, 6.07) is 18.1. The Hall–Kier alpha value is -4.60. The first-order chi connectivity index (χ1) is 23.9. The number of nitrogens with zero attached hydrogens (tertiary/aromatic N) is 4.